The lowest BCUT2D eigenvalue weighted by Crippen LogP contribution is -2.30. The van der Waals surface area contributed by atoms with Crippen LogP contribution in [0.1, 0.15) is 31.2 Å². The predicted octanol–water partition coefficient (Wildman–Crippen LogP) is 4.76. The highest BCUT2D eigenvalue weighted by atomic mass is 35.5. The average Bonchev–Trinajstić information content (AvgIpc) is 3.17. The molecule has 1 aromatic heterocycles. The average molecular weight is 384 g/mol. The highest BCUT2D eigenvalue weighted by molar-refractivity contribution is 6.31. The third-order valence-electron chi connectivity index (χ3n) is 4.32. The molecule has 0 aliphatic heterocycles. The lowest BCUT2D eigenvalue weighted by atomic mass is 10.1. The van der Waals surface area contributed by atoms with Crippen molar-refractivity contribution in [3.8, 4) is 11.5 Å². The number of benzene rings is 2. The van der Waals surface area contributed by atoms with Crippen LogP contribution in [0.5, 0.6) is 0 Å². The van der Waals surface area contributed by atoms with Crippen molar-refractivity contribution in [2.45, 2.75) is 32.7 Å². The number of halogens is 1. The molecule has 3 aromatic rings. The van der Waals surface area contributed by atoms with Gasteiger partial charge in [-0.1, -0.05) is 48.0 Å². The van der Waals surface area contributed by atoms with Crippen LogP contribution in [0.4, 0.5) is 0 Å². The molecule has 0 fully saturated rings. The van der Waals surface area contributed by atoms with Crippen LogP contribution in [0.2, 0.25) is 5.02 Å². The summed E-state index contributed by atoms with van der Waals surface area (Å²) in [5, 5.41) is 8.83. The van der Waals surface area contributed by atoms with Crippen molar-refractivity contribution in [2.24, 2.45) is 0 Å². The molecule has 1 amide bonds. The lowest BCUT2D eigenvalue weighted by Gasteiger charge is -2.21. The topological polar surface area (TPSA) is 59.2 Å². The minimum Gasteiger partial charge on any atom is -0.421 e. The van der Waals surface area contributed by atoms with E-state index in [1.165, 1.54) is 0 Å². The summed E-state index contributed by atoms with van der Waals surface area (Å²) in [5.41, 5.74) is 1.85. The Morgan fingerprint density at radius 1 is 1.07 bits per heavy atom. The first-order valence-corrected chi connectivity index (χ1v) is 9.44. The number of carbonyl (C=O) groups is 1. The van der Waals surface area contributed by atoms with E-state index >= 15 is 0 Å². The predicted molar refractivity (Wildman–Crippen MR) is 105 cm³/mol. The van der Waals surface area contributed by atoms with E-state index in [-0.39, 0.29) is 5.91 Å². The fourth-order valence-electron chi connectivity index (χ4n) is 2.81. The Bertz CT molecular complexity index is 880. The van der Waals surface area contributed by atoms with E-state index in [2.05, 4.69) is 10.2 Å². The highest BCUT2D eigenvalue weighted by Crippen LogP contribution is 2.19. The molecule has 0 spiro atoms. The monoisotopic (exact) mass is 383 g/mol. The molecule has 3 rings (SSSR count). The van der Waals surface area contributed by atoms with Gasteiger partial charge >= 0.3 is 0 Å². The van der Waals surface area contributed by atoms with Crippen LogP contribution in [-0.2, 0) is 17.8 Å². The second kappa shape index (κ2) is 9.33. The Morgan fingerprint density at radius 2 is 1.81 bits per heavy atom. The number of amides is 1. The number of carbonyl (C=O) groups excluding carboxylic acids is 1. The summed E-state index contributed by atoms with van der Waals surface area (Å²) in [5.74, 6) is 1.15. The Morgan fingerprint density at radius 3 is 2.56 bits per heavy atom. The van der Waals surface area contributed by atoms with Crippen LogP contribution in [0, 0.1) is 0 Å². The number of aryl methyl sites for hydroxylation is 1. The number of rotatable bonds is 8. The third-order valence-corrected chi connectivity index (χ3v) is 4.69. The molecule has 0 radical (unpaired) electrons. The van der Waals surface area contributed by atoms with Gasteiger partial charge in [0.2, 0.25) is 17.7 Å². The minimum absolute atomic E-state index is 0.0974. The summed E-state index contributed by atoms with van der Waals surface area (Å²) in [7, 11) is 0. The van der Waals surface area contributed by atoms with Crippen molar-refractivity contribution < 1.29 is 9.21 Å². The van der Waals surface area contributed by atoms with Crippen molar-refractivity contribution in [1.82, 2.24) is 15.1 Å². The zero-order valence-corrected chi connectivity index (χ0v) is 16.0. The van der Waals surface area contributed by atoms with Crippen molar-refractivity contribution >= 4 is 17.5 Å². The summed E-state index contributed by atoms with van der Waals surface area (Å²) in [6.07, 6.45) is 1.67. The van der Waals surface area contributed by atoms with Crippen molar-refractivity contribution in [2.75, 3.05) is 6.54 Å². The molecule has 0 atom stereocenters. The van der Waals surface area contributed by atoms with Crippen LogP contribution in [0.3, 0.4) is 0 Å². The first kappa shape index (κ1) is 19.1. The summed E-state index contributed by atoms with van der Waals surface area (Å²) in [6, 6.07) is 17.2. The van der Waals surface area contributed by atoms with Crippen LogP contribution in [0.25, 0.3) is 11.5 Å². The van der Waals surface area contributed by atoms with Gasteiger partial charge in [0.15, 0.2) is 0 Å². The van der Waals surface area contributed by atoms with Gasteiger partial charge in [0, 0.05) is 36.5 Å². The van der Waals surface area contributed by atoms with Gasteiger partial charge in [-0.3, -0.25) is 4.79 Å². The van der Waals surface area contributed by atoms with Gasteiger partial charge in [0.05, 0.1) is 0 Å². The Balaban J connectivity index is 1.51. The van der Waals surface area contributed by atoms with E-state index in [0.29, 0.717) is 49.2 Å². The molecule has 0 saturated heterocycles. The Kier molecular flexibility index (Phi) is 6.60. The smallest absolute Gasteiger partial charge is 0.247 e. The zero-order valence-electron chi connectivity index (χ0n) is 15.3. The highest BCUT2D eigenvalue weighted by Gasteiger charge is 2.14. The summed E-state index contributed by atoms with van der Waals surface area (Å²) >= 11 is 6.20. The van der Waals surface area contributed by atoms with Crippen LogP contribution >= 0.6 is 11.6 Å². The maximum absolute atomic E-state index is 12.5. The standard InChI is InChI=1S/C21H22ClN3O2/c1-2-25(15-17-11-6-7-12-18(17)22)20(26)14-8-13-19-23-24-21(27-19)16-9-4-3-5-10-16/h3-7,9-12H,2,8,13-15H2,1H3. The van der Waals surface area contributed by atoms with Gasteiger partial charge in [0.1, 0.15) is 0 Å². The Hall–Kier alpha value is -2.66. The van der Waals surface area contributed by atoms with E-state index in [1.807, 2.05) is 66.4 Å². The molecule has 140 valence electrons. The molecule has 27 heavy (non-hydrogen) atoms. The zero-order chi connectivity index (χ0) is 19.1. The number of hydrogen-bond acceptors (Lipinski definition) is 4. The van der Waals surface area contributed by atoms with Gasteiger partial charge in [0.25, 0.3) is 0 Å². The first-order chi connectivity index (χ1) is 13.2. The van der Waals surface area contributed by atoms with E-state index in [4.69, 9.17) is 16.0 Å². The normalized spacial score (nSPS) is 10.7. The molecule has 0 N–H and O–H groups in total. The molecule has 6 heteroatoms. The van der Waals surface area contributed by atoms with Gasteiger partial charge in [-0.15, -0.1) is 10.2 Å². The molecule has 0 bridgehead atoms. The number of aromatic nitrogens is 2. The van der Waals surface area contributed by atoms with Gasteiger partial charge in [-0.25, -0.2) is 0 Å². The Labute approximate surface area is 164 Å². The molecule has 0 saturated carbocycles. The summed E-state index contributed by atoms with van der Waals surface area (Å²) in [4.78, 5) is 14.3. The van der Waals surface area contributed by atoms with E-state index < -0.39 is 0 Å². The van der Waals surface area contributed by atoms with Gasteiger partial charge < -0.3 is 9.32 Å². The fraction of sp³-hybridized carbons (Fsp3) is 0.286. The van der Waals surface area contributed by atoms with Gasteiger partial charge in [-0.2, -0.15) is 0 Å². The molecule has 0 aliphatic rings. The fourth-order valence-corrected chi connectivity index (χ4v) is 3.01. The summed E-state index contributed by atoms with van der Waals surface area (Å²) in [6.45, 7) is 3.13. The van der Waals surface area contributed by atoms with Crippen LogP contribution in [0.15, 0.2) is 59.0 Å². The minimum atomic E-state index is 0.0974. The lowest BCUT2D eigenvalue weighted by molar-refractivity contribution is -0.131. The molecule has 0 unspecified atom stereocenters. The second-order valence-electron chi connectivity index (χ2n) is 6.22. The first-order valence-electron chi connectivity index (χ1n) is 9.06. The summed E-state index contributed by atoms with van der Waals surface area (Å²) < 4.78 is 5.69. The van der Waals surface area contributed by atoms with E-state index in [0.717, 1.165) is 11.1 Å². The maximum Gasteiger partial charge on any atom is 0.247 e. The third kappa shape index (κ3) is 5.17. The molecule has 2 aromatic carbocycles. The van der Waals surface area contributed by atoms with Gasteiger partial charge in [-0.05, 0) is 37.1 Å². The number of nitrogens with zero attached hydrogens (tertiary/aromatic N) is 3. The van der Waals surface area contributed by atoms with E-state index in [9.17, 15) is 4.79 Å². The second-order valence-corrected chi connectivity index (χ2v) is 6.63. The number of hydrogen-bond donors (Lipinski definition) is 0. The molecular weight excluding hydrogens is 362 g/mol. The quantitative estimate of drug-likeness (QED) is 0.562. The maximum atomic E-state index is 12.5. The molecule has 1 heterocycles. The molecular formula is C21H22ClN3O2. The molecule has 0 aliphatic carbocycles. The van der Waals surface area contributed by atoms with Crippen LogP contribution < -0.4 is 0 Å². The van der Waals surface area contributed by atoms with Crippen LogP contribution in [-0.4, -0.2) is 27.5 Å². The van der Waals surface area contributed by atoms with E-state index in [1.54, 1.807) is 0 Å². The molecule has 5 nitrogen and oxygen atoms in total. The largest absolute Gasteiger partial charge is 0.421 e. The van der Waals surface area contributed by atoms with Crippen molar-refractivity contribution in [3.05, 3.63) is 71.1 Å². The SMILES string of the molecule is CCN(Cc1ccccc1Cl)C(=O)CCCc1nnc(-c2ccccc2)o1. The van der Waals surface area contributed by atoms with Crippen molar-refractivity contribution in [3.63, 3.8) is 0 Å². The van der Waals surface area contributed by atoms with Crippen molar-refractivity contribution in [1.29, 1.82) is 0 Å².